The van der Waals surface area contributed by atoms with Crippen molar-refractivity contribution in [3.63, 3.8) is 0 Å². The summed E-state index contributed by atoms with van der Waals surface area (Å²) in [6, 6.07) is 12.5. The van der Waals surface area contributed by atoms with Crippen molar-refractivity contribution in [2.24, 2.45) is 0 Å². The van der Waals surface area contributed by atoms with Gasteiger partial charge in [-0.25, -0.2) is 0 Å². The Morgan fingerprint density at radius 1 is 0.969 bits per heavy atom. The van der Waals surface area contributed by atoms with Gasteiger partial charge in [0, 0.05) is 49.2 Å². The van der Waals surface area contributed by atoms with Crippen molar-refractivity contribution < 1.29 is 14.5 Å². The van der Waals surface area contributed by atoms with Gasteiger partial charge in [0.1, 0.15) is 0 Å². The molecule has 1 aliphatic heterocycles. The Hall–Kier alpha value is -3.30. The molecule has 1 heterocycles. The number of hydrogen-bond donors (Lipinski definition) is 2. The SMILES string of the molecule is CCc1ccccc1NC(=O)CN1CCN(CC(=O)Nc2ccc(C)c([N+](=O)[O-])c2)CC1. The number of carbonyl (C=O) groups excluding carboxylic acids is 2. The van der Waals surface area contributed by atoms with Crippen molar-refractivity contribution in [2.75, 3.05) is 49.9 Å². The van der Waals surface area contributed by atoms with E-state index in [0.29, 0.717) is 44.0 Å². The van der Waals surface area contributed by atoms with Crippen molar-refractivity contribution in [3.8, 4) is 0 Å². The molecule has 0 atom stereocenters. The van der Waals surface area contributed by atoms with Gasteiger partial charge in [0.2, 0.25) is 11.8 Å². The number of para-hydroxylation sites is 1. The van der Waals surface area contributed by atoms with Crippen molar-refractivity contribution in [1.29, 1.82) is 0 Å². The van der Waals surface area contributed by atoms with E-state index in [2.05, 4.69) is 22.5 Å². The van der Waals surface area contributed by atoms with Crippen LogP contribution in [0.5, 0.6) is 0 Å². The number of rotatable bonds is 8. The van der Waals surface area contributed by atoms with Gasteiger partial charge in [0.25, 0.3) is 5.69 Å². The summed E-state index contributed by atoms with van der Waals surface area (Å²) in [5.74, 6) is -0.261. The van der Waals surface area contributed by atoms with Crippen LogP contribution in [0.1, 0.15) is 18.1 Å². The highest BCUT2D eigenvalue weighted by Gasteiger charge is 2.21. The van der Waals surface area contributed by atoms with E-state index < -0.39 is 4.92 Å². The molecule has 9 heteroatoms. The van der Waals surface area contributed by atoms with E-state index in [4.69, 9.17) is 0 Å². The minimum atomic E-state index is -0.457. The first kappa shape index (κ1) is 23.4. The predicted octanol–water partition coefficient (Wildman–Crippen LogP) is 2.66. The number of anilines is 2. The van der Waals surface area contributed by atoms with Crippen LogP contribution in [-0.4, -0.2) is 65.8 Å². The molecule has 0 saturated carbocycles. The topological polar surface area (TPSA) is 108 Å². The van der Waals surface area contributed by atoms with Crippen molar-refractivity contribution in [1.82, 2.24) is 9.80 Å². The van der Waals surface area contributed by atoms with Crippen molar-refractivity contribution in [3.05, 3.63) is 63.7 Å². The van der Waals surface area contributed by atoms with E-state index in [-0.39, 0.29) is 24.0 Å². The fourth-order valence-corrected chi connectivity index (χ4v) is 3.74. The van der Waals surface area contributed by atoms with Gasteiger partial charge in [0.15, 0.2) is 0 Å². The highest BCUT2D eigenvalue weighted by atomic mass is 16.6. The zero-order chi connectivity index (χ0) is 23.1. The molecule has 0 aliphatic carbocycles. The second kappa shape index (κ2) is 10.8. The molecule has 170 valence electrons. The molecule has 2 N–H and O–H groups in total. The third kappa shape index (κ3) is 6.35. The van der Waals surface area contributed by atoms with Gasteiger partial charge < -0.3 is 10.6 Å². The van der Waals surface area contributed by atoms with Gasteiger partial charge in [-0.2, -0.15) is 0 Å². The lowest BCUT2D eigenvalue weighted by Crippen LogP contribution is -2.50. The molecule has 2 aromatic rings. The van der Waals surface area contributed by atoms with Gasteiger partial charge in [0.05, 0.1) is 18.0 Å². The molecule has 1 aliphatic rings. The van der Waals surface area contributed by atoms with E-state index >= 15 is 0 Å². The molecular formula is C23H29N5O4. The van der Waals surface area contributed by atoms with E-state index in [1.165, 1.54) is 6.07 Å². The van der Waals surface area contributed by atoms with Gasteiger partial charge >= 0.3 is 0 Å². The zero-order valence-corrected chi connectivity index (χ0v) is 18.5. The van der Waals surface area contributed by atoms with Crippen LogP contribution in [0.3, 0.4) is 0 Å². The third-order valence-electron chi connectivity index (χ3n) is 5.56. The Morgan fingerprint density at radius 3 is 2.16 bits per heavy atom. The molecule has 9 nitrogen and oxygen atoms in total. The number of aryl methyl sites for hydroxylation is 2. The average molecular weight is 440 g/mol. The summed E-state index contributed by atoms with van der Waals surface area (Å²) in [5.41, 5.74) is 2.90. The summed E-state index contributed by atoms with van der Waals surface area (Å²) in [6.45, 7) is 6.93. The van der Waals surface area contributed by atoms with Crippen LogP contribution in [-0.2, 0) is 16.0 Å². The van der Waals surface area contributed by atoms with Gasteiger partial charge in [-0.3, -0.25) is 29.5 Å². The Morgan fingerprint density at radius 2 is 1.56 bits per heavy atom. The molecule has 2 aromatic carbocycles. The van der Waals surface area contributed by atoms with Crippen LogP contribution in [0, 0.1) is 17.0 Å². The second-order valence-corrected chi connectivity index (χ2v) is 7.92. The molecule has 3 rings (SSSR count). The maximum absolute atomic E-state index is 12.4. The van der Waals surface area contributed by atoms with Gasteiger partial charge in [-0.05, 0) is 31.0 Å². The maximum atomic E-state index is 12.4. The predicted molar refractivity (Wildman–Crippen MR) is 124 cm³/mol. The molecule has 0 bridgehead atoms. The smallest absolute Gasteiger partial charge is 0.274 e. The van der Waals surface area contributed by atoms with Crippen molar-refractivity contribution in [2.45, 2.75) is 20.3 Å². The normalized spacial score (nSPS) is 14.7. The first-order valence-electron chi connectivity index (χ1n) is 10.7. The third-order valence-corrected chi connectivity index (χ3v) is 5.56. The van der Waals surface area contributed by atoms with Crippen LogP contribution < -0.4 is 10.6 Å². The highest BCUT2D eigenvalue weighted by Crippen LogP contribution is 2.22. The van der Waals surface area contributed by atoms with Crippen LogP contribution in [0.15, 0.2) is 42.5 Å². The molecule has 1 fully saturated rings. The summed E-state index contributed by atoms with van der Waals surface area (Å²) in [4.78, 5) is 39.5. The first-order chi connectivity index (χ1) is 15.4. The summed E-state index contributed by atoms with van der Waals surface area (Å²) in [6.07, 6.45) is 0.854. The Balaban J connectivity index is 1.43. The van der Waals surface area contributed by atoms with Crippen LogP contribution in [0.4, 0.5) is 17.1 Å². The molecule has 2 amide bonds. The standard InChI is InChI=1S/C23H29N5O4/c1-3-18-6-4-5-7-20(18)25-23(30)16-27-12-10-26(11-13-27)15-22(29)24-19-9-8-17(2)21(14-19)28(31)32/h4-9,14H,3,10-13,15-16H2,1-2H3,(H,24,29)(H,25,30). The number of piperazine rings is 1. The molecule has 1 saturated heterocycles. The lowest BCUT2D eigenvalue weighted by Gasteiger charge is -2.33. The molecule has 0 radical (unpaired) electrons. The number of hydrogen-bond acceptors (Lipinski definition) is 6. The largest absolute Gasteiger partial charge is 0.325 e. The lowest BCUT2D eigenvalue weighted by atomic mass is 10.1. The van der Waals surface area contributed by atoms with E-state index in [9.17, 15) is 19.7 Å². The summed E-state index contributed by atoms with van der Waals surface area (Å²) < 4.78 is 0. The maximum Gasteiger partial charge on any atom is 0.274 e. The van der Waals surface area contributed by atoms with Gasteiger partial charge in [-0.1, -0.05) is 31.2 Å². The minimum absolute atomic E-state index is 0.0174. The number of nitrogens with one attached hydrogen (secondary N) is 2. The molecule has 32 heavy (non-hydrogen) atoms. The summed E-state index contributed by atoms with van der Waals surface area (Å²) in [5, 5.41) is 16.8. The number of nitrogens with zero attached hydrogens (tertiary/aromatic N) is 3. The Kier molecular flexibility index (Phi) is 7.91. The molecule has 0 unspecified atom stereocenters. The zero-order valence-electron chi connectivity index (χ0n) is 18.5. The monoisotopic (exact) mass is 439 g/mol. The van der Waals surface area contributed by atoms with Crippen LogP contribution >= 0.6 is 0 Å². The minimum Gasteiger partial charge on any atom is -0.325 e. The van der Waals surface area contributed by atoms with E-state index in [1.54, 1.807) is 19.1 Å². The second-order valence-electron chi connectivity index (χ2n) is 7.92. The Labute approximate surface area is 187 Å². The van der Waals surface area contributed by atoms with Gasteiger partial charge in [-0.15, -0.1) is 0 Å². The number of nitro benzene ring substituents is 1. The molecular weight excluding hydrogens is 410 g/mol. The quantitative estimate of drug-likeness (QED) is 0.484. The van der Waals surface area contributed by atoms with E-state index in [1.807, 2.05) is 29.2 Å². The highest BCUT2D eigenvalue weighted by molar-refractivity contribution is 5.93. The molecule has 0 aromatic heterocycles. The fourth-order valence-electron chi connectivity index (χ4n) is 3.74. The number of amides is 2. The van der Waals surface area contributed by atoms with Crippen LogP contribution in [0.2, 0.25) is 0 Å². The first-order valence-corrected chi connectivity index (χ1v) is 10.7. The number of carbonyl (C=O) groups is 2. The summed E-state index contributed by atoms with van der Waals surface area (Å²) in [7, 11) is 0. The van der Waals surface area contributed by atoms with Crippen LogP contribution in [0.25, 0.3) is 0 Å². The number of benzene rings is 2. The van der Waals surface area contributed by atoms with E-state index in [0.717, 1.165) is 17.7 Å². The molecule has 0 spiro atoms. The number of nitro groups is 1. The lowest BCUT2D eigenvalue weighted by molar-refractivity contribution is -0.385. The van der Waals surface area contributed by atoms with Crippen molar-refractivity contribution >= 4 is 28.9 Å². The Bertz CT molecular complexity index is 986. The summed E-state index contributed by atoms with van der Waals surface area (Å²) >= 11 is 0. The average Bonchev–Trinajstić information content (AvgIpc) is 2.76. The fraction of sp³-hybridized carbons (Fsp3) is 0.391.